The van der Waals surface area contributed by atoms with Crippen LogP contribution in [0.5, 0.6) is 0 Å². The van der Waals surface area contributed by atoms with E-state index in [4.69, 9.17) is 11.6 Å². The summed E-state index contributed by atoms with van der Waals surface area (Å²) >= 11 is 6.04. The van der Waals surface area contributed by atoms with Crippen LogP contribution in [0.1, 0.15) is 23.6 Å². The third kappa shape index (κ3) is 2.84. The van der Waals surface area contributed by atoms with Gasteiger partial charge in [0.25, 0.3) is 0 Å². The number of hydrogen-bond acceptors (Lipinski definition) is 2. The molecular formula is C20H21ClN2O2S. The third-order valence-electron chi connectivity index (χ3n) is 5.33. The topological polar surface area (TPSA) is 42.3 Å². The fourth-order valence-electron chi connectivity index (χ4n) is 3.82. The zero-order valence-corrected chi connectivity index (χ0v) is 16.4. The van der Waals surface area contributed by atoms with Crippen LogP contribution in [0.25, 0.3) is 10.9 Å². The van der Waals surface area contributed by atoms with Crippen molar-refractivity contribution in [2.24, 2.45) is 7.05 Å². The van der Waals surface area contributed by atoms with Gasteiger partial charge in [-0.3, -0.25) is 0 Å². The molecule has 0 amide bonds. The van der Waals surface area contributed by atoms with Crippen LogP contribution in [-0.4, -0.2) is 30.4 Å². The van der Waals surface area contributed by atoms with E-state index in [0.717, 1.165) is 12.0 Å². The van der Waals surface area contributed by atoms with Crippen LogP contribution in [0.15, 0.2) is 53.4 Å². The molecule has 0 bridgehead atoms. The van der Waals surface area contributed by atoms with E-state index in [1.165, 1.54) is 16.6 Å². The first-order valence-corrected chi connectivity index (χ1v) is 10.5. The van der Waals surface area contributed by atoms with Crippen LogP contribution in [0.3, 0.4) is 0 Å². The van der Waals surface area contributed by atoms with Gasteiger partial charge in [0.2, 0.25) is 10.0 Å². The summed E-state index contributed by atoms with van der Waals surface area (Å²) in [4.78, 5) is 0.317. The predicted octanol–water partition coefficient (Wildman–Crippen LogP) is 4.32. The summed E-state index contributed by atoms with van der Waals surface area (Å²) < 4.78 is 29.8. The van der Waals surface area contributed by atoms with Crippen LogP contribution >= 0.6 is 11.6 Å². The molecule has 3 aromatic rings. The van der Waals surface area contributed by atoms with E-state index < -0.39 is 10.0 Å². The van der Waals surface area contributed by atoms with Crippen molar-refractivity contribution < 1.29 is 8.42 Å². The van der Waals surface area contributed by atoms with E-state index in [0.29, 0.717) is 23.0 Å². The molecule has 1 atom stereocenters. The molecule has 0 spiro atoms. The SMILES string of the molecule is Cc1cc(S(=O)(=O)N2CCC(c3cc4ccccc4n3C)C2)ccc1Cl. The highest BCUT2D eigenvalue weighted by atomic mass is 35.5. The van der Waals surface area contributed by atoms with Gasteiger partial charge in [-0.1, -0.05) is 29.8 Å². The second-order valence-corrected chi connectivity index (χ2v) is 9.29. The molecule has 6 heteroatoms. The standard InChI is InChI=1S/C20H21ClN2O2S/c1-14-11-17(7-8-18(14)21)26(24,25)23-10-9-16(13-23)20-12-15-5-3-4-6-19(15)22(20)2/h3-8,11-12,16H,9-10,13H2,1-2H3. The lowest BCUT2D eigenvalue weighted by Crippen LogP contribution is -2.28. The molecule has 26 heavy (non-hydrogen) atoms. The average Bonchev–Trinajstić information content (AvgIpc) is 3.23. The fourth-order valence-corrected chi connectivity index (χ4v) is 5.52. The first-order valence-electron chi connectivity index (χ1n) is 8.68. The lowest BCUT2D eigenvalue weighted by molar-refractivity contribution is 0.471. The van der Waals surface area contributed by atoms with Crippen molar-refractivity contribution in [2.75, 3.05) is 13.1 Å². The molecule has 0 radical (unpaired) electrons. The zero-order chi connectivity index (χ0) is 18.5. The molecule has 136 valence electrons. The van der Waals surface area contributed by atoms with Gasteiger partial charge in [-0.25, -0.2) is 8.42 Å². The Balaban J connectivity index is 1.63. The molecule has 0 saturated carbocycles. The average molecular weight is 389 g/mol. The number of hydrogen-bond donors (Lipinski definition) is 0. The normalized spacial score (nSPS) is 18.7. The molecule has 0 aliphatic carbocycles. The molecule has 0 N–H and O–H groups in total. The van der Waals surface area contributed by atoms with Gasteiger partial charge in [0.1, 0.15) is 0 Å². The summed E-state index contributed by atoms with van der Waals surface area (Å²) in [6.45, 7) is 2.87. The Morgan fingerprint density at radius 2 is 1.88 bits per heavy atom. The number of fused-ring (bicyclic) bond motifs is 1. The van der Waals surface area contributed by atoms with Gasteiger partial charge in [0.15, 0.2) is 0 Å². The Hall–Kier alpha value is -1.82. The molecule has 1 saturated heterocycles. The highest BCUT2D eigenvalue weighted by molar-refractivity contribution is 7.89. The summed E-state index contributed by atoms with van der Waals surface area (Å²) in [5.74, 6) is 0.204. The molecule has 4 rings (SSSR count). The largest absolute Gasteiger partial charge is 0.347 e. The smallest absolute Gasteiger partial charge is 0.243 e. The number of benzene rings is 2. The molecule has 2 aromatic carbocycles. The Morgan fingerprint density at radius 3 is 2.62 bits per heavy atom. The number of rotatable bonds is 3. The van der Waals surface area contributed by atoms with Gasteiger partial charge in [0, 0.05) is 42.3 Å². The van der Waals surface area contributed by atoms with Crippen LogP contribution < -0.4 is 0 Å². The molecule has 1 aliphatic heterocycles. The van der Waals surface area contributed by atoms with Gasteiger partial charge in [0.05, 0.1) is 4.90 Å². The number of aromatic nitrogens is 1. The molecular weight excluding hydrogens is 368 g/mol. The minimum Gasteiger partial charge on any atom is -0.347 e. The maximum atomic E-state index is 13.0. The van der Waals surface area contributed by atoms with Gasteiger partial charge in [-0.2, -0.15) is 4.31 Å². The second kappa shape index (κ2) is 6.41. The summed E-state index contributed by atoms with van der Waals surface area (Å²) in [6, 6.07) is 15.3. The maximum Gasteiger partial charge on any atom is 0.243 e. The van der Waals surface area contributed by atoms with Gasteiger partial charge < -0.3 is 4.57 Å². The Morgan fingerprint density at radius 1 is 1.12 bits per heavy atom. The number of para-hydroxylation sites is 1. The van der Waals surface area contributed by atoms with E-state index in [-0.39, 0.29) is 5.92 Å². The number of halogens is 1. The van der Waals surface area contributed by atoms with Crippen LogP contribution in [0.2, 0.25) is 5.02 Å². The first-order chi connectivity index (χ1) is 12.4. The molecule has 1 aliphatic rings. The molecule has 1 fully saturated rings. The van der Waals surface area contributed by atoms with E-state index in [2.05, 4.69) is 29.8 Å². The third-order valence-corrected chi connectivity index (χ3v) is 7.61. The summed E-state index contributed by atoms with van der Waals surface area (Å²) in [6.07, 6.45) is 0.829. The molecule has 2 heterocycles. The Labute approximate surface area is 159 Å². The van der Waals surface area contributed by atoms with Crippen molar-refractivity contribution in [2.45, 2.75) is 24.2 Å². The highest BCUT2D eigenvalue weighted by Crippen LogP contribution is 2.34. The quantitative estimate of drug-likeness (QED) is 0.670. The van der Waals surface area contributed by atoms with E-state index >= 15 is 0 Å². The second-order valence-electron chi connectivity index (χ2n) is 6.95. The van der Waals surface area contributed by atoms with Crippen LogP contribution in [0.4, 0.5) is 0 Å². The summed E-state index contributed by atoms with van der Waals surface area (Å²) in [5, 5.41) is 1.78. The number of sulfonamides is 1. The molecule has 1 unspecified atom stereocenters. The highest BCUT2D eigenvalue weighted by Gasteiger charge is 2.34. The minimum absolute atomic E-state index is 0.204. The first kappa shape index (κ1) is 17.6. The number of nitrogens with zero attached hydrogens (tertiary/aromatic N) is 2. The van der Waals surface area contributed by atoms with Crippen molar-refractivity contribution in [3.8, 4) is 0 Å². The summed E-state index contributed by atoms with van der Waals surface area (Å²) in [5.41, 5.74) is 3.14. The Kier molecular flexibility index (Phi) is 4.34. The lowest BCUT2D eigenvalue weighted by atomic mass is 10.1. The van der Waals surface area contributed by atoms with Crippen molar-refractivity contribution in [3.05, 3.63) is 64.8 Å². The molecule has 1 aromatic heterocycles. The van der Waals surface area contributed by atoms with E-state index in [1.807, 2.05) is 19.1 Å². The summed E-state index contributed by atoms with van der Waals surface area (Å²) in [7, 11) is -1.44. The monoisotopic (exact) mass is 388 g/mol. The maximum absolute atomic E-state index is 13.0. The van der Waals surface area contributed by atoms with Crippen molar-refractivity contribution in [1.29, 1.82) is 0 Å². The zero-order valence-electron chi connectivity index (χ0n) is 14.8. The fraction of sp³-hybridized carbons (Fsp3) is 0.300. The van der Waals surface area contributed by atoms with E-state index in [9.17, 15) is 8.42 Å². The predicted molar refractivity (Wildman–Crippen MR) is 105 cm³/mol. The minimum atomic E-state index is -3.50. The Bertz CT molecular complexity index is 1090. The van der Waals surface area contributed by atoms with Crippen LogP contribution in [0, 0.1) is 6.92 Å². The number of aryl methyl sites for hydroxylation is 2. The van der Waals surface area contributed by atoms with Crippen LogP contribution in [-0.2, 0) is 17.1 Å². The lowest BCUT2D eigenvalue weighted by Gasteiger charge is -2.17. The van der Waals surface area contributed by atoms with Gasteiger partial charge >= 0.3 is 0 Å². The van der Waals surface area contributed by atoms with Crippen molar-refractivity contribution >= 4 is 32.5 Å². The van der Waals surface area contributed by atoms with Crippen molar-refractivity contribution in [1.82, 2.24) is 8.87 Å². The van der Waals surface area contributed by atoms with Gasteiger partial charge in [-0.15, -0.1) is 0 Å². The van der Waals surface area contributed by atoms with Gasteiger partial charge in [-0.05, 0) is 54.6 Å². The van der Waals surface area contributed by atoms with Crippen molar-refractivity contribution in [3.63, 3.8) is 0 Å². The molecule has 4 nitrogen and oxygen atoms in total. The van der Waals surface area contributed by atoms with E-state index in [1.54, 1.807) is 22.5 Å².